The van der Waals surface area contributed by atoms with Crippen LogP contribution in [0.3, 0.4) is 0 Å². The van der Waals surface area contributed by atoms with E-state index in [0.717, 1.165) is 31.1 Å². The fourth-order valence-electron chi connectivity index (χ4n) is 1.95. The first-order chi connectivity index (χ1) is 8.65. The summed E-state index contributed by atoms with van der Waals surface area (Å²) in [6.45, 7) is 7.20. The van der Waals surface area contributed by atoms with Gasteiger partial charge in [-0.1, -0.05) is 43.6 Å². The Morgan fingerprint density at radius 2 is 2.00 bits per heavy atom. The minimum atomic E-state index is 0.599. The molecular formula is C15H24ClNO. The highest BCUT2D eigenvalue weighted by Crippen LogP contribution is 2.22. The summed E-state index contributed by atoms with van der Waals surface area (Å²) in [5.74, 6) is 1.23. The van der Waals surface area contributed by atoms with E-state index in [0.29, 0.717) is 11.8 Å². The van der Waals surface area contributed by atoms with Crippen molar-refractivity contribution in [2.75, 3.05) is 26.8 Å². The molecule has 1 N–H and O–H groups in total. The van der Waals surface area contributed by atoms with Crippen molar-refractivity contribution in [1.82, 2.24) is 5.32 Å². The van der Waals surface area contributed by atoms with Crippen molar-refractivity contribution in [2.24, 2.45) is 11.8 Å². The molecule has 0 aliphatic heterocycles. The van der Waals surface area contributed by atoms with Gasteiger partial charge in [0.1, 0.15) is 0 Å². The van der Waals surface area contributed by atoms with Crippen LogP contribution in [-0.2, 0) is 11.2 Å². The van der Waals surface area contributed by atoms with Crippen molar-refractivity contribution in [2.45, 2.75) is 20.3 Å². The number of methoxy groups -OCH3 is 1. The molecule has 0 aliphatic rings. The highest BCUT2D eigenvalue weighted by Gasteiger charge is 2.15. The van der Waals surface area contributed by atoms with Crippen molar-refractivity contribution >= 4 is 11.6 Å². The molecule has 0 heterocycles. The molecule has 0 saturated carbocycles. The normalized spacial score (nSPS) is 12.9. The van der Waals surface area contributed by atoms with E-state index in [1.807, 2.05) is 12.1 Å². The lowest BCUT2D eigenvalue weighted by atomic mass is 9.89. The number of nitrogens with one attached hydrogen (secondary N) is 1. The molecule has 0 bridgehead atoms. The third-order valence-electron chi connectivity index (χ3n) is 3.27. The second-order valence-corrected chi connectivity index (χ2v) is 5.40. The molecule has 18 heavy (non-hydrogen) atoms. The number of hydrogen-bond donors (Lipinski definition) is 1. The maximum Gasteiger partial charge on any atom is 0.0587 e. The van der Waals surface area contributed by atoms with Crippen LogP contribution in [0, 0.1) is 11.8 Å². The lowest BCUT2D eigenvalue weighted by Gasteiger charge is -2.22. The minimum Gasteiger partial charge on any atom is -0.383 e. The van der Waals surface area contributed by atoms with Crippen LogP contribution in [0.4, 0.5) is 0 Å². The Hall–Kier alpha value is -0.570. The average molecular weight is 270 g/mol. The first-order valence-electron chi connectivity index (χ1n) is 6.58. The van der Waals surface area contributed by atoms with E-state index < -0.39 is 0 Å². The van der Waals surface area contributed by atoms with Crippen molar-refractivity contribution in [3.8, 4) is 0 Å². The fourth-order valence-corrected chi connectivity index (χ4v) is 2.16. The number of rotatable bonds is 8. The Kier molecular flexibility index (Phi) is 7.33. The summed E-state index contributed by atoms with van der Waals surface area (Å²) in [6, 6.07) is 8.11. The molecule has 1 aromatic rings. The van der Waals surface area contributed by atoms with Gasteiger partial charge in [-0.3, -0.25) is 0 Å². The molecule has 1 unspecified atom stereocenters. The topological polar surface area (TPSA) is 21.3 Å². The van der Waals surface area contributed by atoms with Crippen LogP contribution in [0.1, 0.15) is 19.4 Å². The standard InChI is InChI=1S/C15H24ClNO/c1-12(2)14(11-17-8-9-18-3)10-13-6-4-5-7-15(13)16/h4-7,12,14,17H,8-11H2,1-3H3. The maximum atomic E-state index is 6.22. The Morgan fingerprint density at radius 3 is 2.61 bits per heavy atom. The van der Waals surface area contributed by atoms with Crippen LogP contribution in [0.15, 0.2) is 24.3 Å². The lowest BCUT2D eigenvalue weighted by molar-refractivity contribution is 0.196. The molecule has 1 rings (SSSR count). The van der Waals surface area contributed by atoms with Crippen molar-refractivity contribution in [3.05, 3.63) is 34.9 Å². The van der Waals surface area contributed by atoms with Gasteiger partial charge in [-0.25, -0.2) is 0 Å². The SMILES string of the molecule is COCCNCC(Cc1ccccc1Cl)C(C)C. The number of halogens is 1. The van der Waals surface area contributed by atoms with Gasteiger partial charge in [0.05, 0.1) is 6.61 Å². The summed E-state index contributed by atoms with van der Waals surface area (Å²) in [5, 5.41) is 4.31. The second kappa shape index (κ2) is 8.52. The predicted molar refractivity (Wildman–Crippen MR) is 78.2 cm³/mol. The zero-order valence-corrected chi connectivity index (χ0v) is 12.3. The third kappa shape index (κ3) is 5.38. The second-order valence-electron chi connectivity index (χ2n) is 5.00. The average Bonchev–Trinajstić information content (AvgIpc) is 2.35. The van der Waals surface area contributed by atoms with Gasteiger partial charge in [0.25, 0.3) is 0 Å². The van der Waals surface area contributed by atoms with E-state index in [-0.39, 0.29) is 0 Å². The van der Waals surface area contributed by atoms with Gasteiger partial charge < -0.3 is 10.1 Å². The zero-order chi connectivity index (χ0) is 13.4. The molecule has 0 fully saturated rings. The van der Waals surface area contributed by atoms with Gasteiger partial charge in [0, 0.05) is 18.7 Å². The molecule has 3 heteroatoms. The predicted octanol–water partition coefficient (Wildman–Crippen LogP) is 3.39. The largest absolute Gasteiger partial charge is 0.383 e. The molecule has 0 spiro atoms. The van der Waals surface area contributed by atoms with Crippen LogP contribution in [0.5, 0.6) is 0 Å². The molecule has 0 aromatic heterocycles. The minimum absolute atomic E-state index is 0.599. The molecule has 1 atom stereocenters. The Labute approximate surface area is 116 Å². The van der Waals surface area contributed by atoms with Gasteiger partial charge in [-0.05, 0) is 36.4 Å². The first-order valence-corrected chi connectivity index (χ1v) is 6.96. The summed E-state index contributed by atoms with van der Waals surface area (Å²) in [7, 11) is 1.73. The summed E-state index contributed by atoms with van der Waals surface area (Å²) in [4.78, 5) is 0. The van der Waals surface area contributed by atoms with Crippen molar-refractivity contribution < 1.29 is 4.74 Å². The fraction of sp³-hybridized carbons (Fsp3) is 0.600. The van der Waals surface area contributed by atoms with Gasteiger partial charge in [0.2, 0.25) is 0 Å². The van der Waals surface area contributed by atoms with E-state index >= 15 is 0 Å². The molecular weight excluding hydrogens is 246 g/mol. The van der Waals surface area contributed by atoms with Crippen LogP contribution < -0.4 is 5.32 Å². The molecule has 2 nitrogen and oxygen atoms in total. The Morgan fingerprint density at radius 1 is 1.28 bits per heavy atom. The molecule has 0 saturated heterocycles. The smallest absolute Gasteiger partial charge is 0.0587 e. The van der Waals surface area contributed by atoms with Crippen molar-refractivity contribution in [3.63, 3.8) is 0 Å². The molecule has 0 aliphatic carbocycles. The number of ether oxygens (including phenoxy) is 1. The monoisotopic (exact) mass is 269 g/mol. The molecule has 0 amide bonds. The summed E-state index contributed by atoms with van der Waals surface area (Å²) >= 11 is 6.22. The van der Waals surface area contributed by atoms with Crippen LogP contribution >= 0.6 is 11.6 Å². The Bertz CT molecular complexity index is 341. The van der Waals surface area contributed by atoms with Gasteiger partial charge in [-0.15, -0.1) is 0 Å². The highest BCUT2D eigenvalue weighted by atomic mass is 35.5. The quantitative estimate of drug-likeness (QED) is 0.731. The first kappa shape index (κ1) is 15.5. The summed E-state index contributed by atoms with van der Waals surface area (Å²) in [6.07, 6.45) is 1.03. The number of hydrogen-bond acceptors (Lipinski definition) is 2. The molecule has 102 valence electrons. The van der Waals surface area contributed by atoms with E-state index in [4.69, 9.17) is 16.3 Å². The van der Waals surface area contributed by atoms with Crippen LogP contribution in [0.2, 0.25) is 5.02 Å². The third-order valence-corrected chi connectivity index (χ3v) is 3.64. The van der Waals surface area contributed by atoms with Gasteiger partial charge >= 0.3 is 0 Å². The number of benzene rings is 1. The van der Waals surface area contributed by atoms with E-state index in [1.54, 1.807) is 7.11 Å². The highest BCUT2D eigenvalue weighted by molar-refractivity contribution is 6.31. The van der Waals surface area contributed by atoms with E-state index in [1.165, 1.54) is 5.56 Å². The van der Waals surface area contributed by atoms with Crippen molar-refractivity contribution in [1.29, 1.82) is 0 Å². The van der Waals surface area contributed by atoms with Gasteiger partial charge in [0.15, 0.2) is 0 Å². The van der Waals surface area contributed by atoms with E-state index in [9.17, 15) is 0 Å². The zero-order valence-electron chi connectivity index (χ0n) is 11.6. The van der Waals surface area contributed by atoms with E-state index in [2.05, 4.69) is 31.3 Å². The van der Waals surface area contributed by atoms with Crippen LogP contribution in [0.25, 0.3) is 0 Å². The molecule has 0 radical (unpaired) electrons. The van der Waals surface area contributed by atoms with Crippen LogP contribution in [-0.4, -0.2) is 26.8 Å². The Balaban J connectivity index is 2.50. The summed E-state index contributed by atoms with van der Waals surface area (Å²) < 4.78 is 5.04. The summed E-state index contributed by atoms with van der Waals surface area (Å²) in [5.41, 5.74) is 1.24. The van der Waals surface area contributed by atoms with Gasteiger partial charge in [-0.2, -0.15) is 0 Å². The lowest BCUT2D eigenvalue weighted by Crippen LogP contribution is -2.30. The molecule has 1 aromatic carbocycles. The maximum absolute atomic E-state index is 6.22.